The summed E-state index contributed by atoms with van der Waals surface area (Å²) in [4.78, 5) is 19.4. The van der Waals surface area contributed by atoms with E-state index in [1.807, 2.05) is 13.8 Å². The average Bonchev–Trinajstić information content (AvgIpc) is 2.49. The second-order valence-electron chi connectivity index (χ2n) is 3.55. The molecule has 2 rings (SSSR count). The van der Waals surface area contributed by atoms with E-state index in [9.17, 15) is 4.79 Å². The summed E-state index contributed by atoms with van der Waals surface area (Å²) in [6.07, 6.45) is 4.78. The molecular formula is C15H16ClN3O. The maximum Gasteiger partial charge on any atom is 0.253 e. The van der Waals surface area contributed by atoms with Crippen LogP contribution in [-0.4, -0.2) is 16.4 Å². The first-order chi connectivity index (χ1) is 9.68. The number of nitrogens with two attached hydrogens (primary N) is 1. The molecule has 104 valence electrons. The molecule has 0 unspecified atom stereocenters. The van der Waals surface area contributed by atoms with Crippen LogP contribution in [-0.2, 0) is 0 Å². The van der Waals surface area contributed by atoms with Gasteiger partial charge in [-0.15, -0.1) is 0 Å². The maximum absolute atomic E-state index is 11.3. The van der Waals surface area contributed by atoms with E-state index >= 15 is 0 Å². The number of hydrogen-bond acceptors (Lipinski definition) is 4. The van der Waals surface area contributed by atoms with Crippen molar-refractivity contribution in [2.24, 2.45) is 4.99 Å². The Labute approximate surface area is 123 Å². The van der Waals surface area contributed by atoms with Crippen molar-refractivity contribution in [2.45, 2.75) is 13.8 Å². The van der Waals surface area contributed by atoms with E-state index in [1.54, 1.807) is 42.7 Å². The molecule has 0 spiro atoms. The number of benzene rings is 1. The lowest BCUT2D eigenvalue weighted by molar-refractivity contribution is 0.108. The Balaban J connectivity index is 0.000000956. The van der Waals surface area contributed by atoms with Crippen molar-refractivity contribution < 1.29 is 4.79 Å². The van der Waals surface area contributed by atoms with Gasteiger partial charge in [0.25, 0.3) is 5.24 Å². The van der Waals surface area contributed by atoms with Crippen LogP contribution < -0.4 is 5.73 Å². The number of rotatable bonds is 3. The lowest BCUT2D eigenvalue weighted by Crippen LogP contribution is -2.01. The van der Waals surface area contributed by atoms with Crippen molar-refractivity contribution in [2.75, 3.05) is 5.73 Å². The van der Waals surface area contributed by atoms with Crippen molar-refractivity contribution >= 4 is 34.4 Å². The maximum atomic E-state index is 11.3. The molecule has 4 nitrogen and oxygen atoms in total. The summed E-state index contributed by atoms with van der Waals surface area (Å²) >= 11 is 5.49. The molecular weight excluding hydrogens is 274 g/mol. The van der Waals surface area contributed by atoms with Gasteiger partial charge in [-0.25, -0.2) is 0 Å². The van der Waals surface area contributed by atoms with Gasteiger partial charge in [0, 0.05) is 29.2 Å². The normalized spacial score (nSPS) is 9.95. The molecule has 0 atom stereocenters. The zero-order chi connectivity index (χ0) is 15.0. The number of aliphatic imine (C=N–C) groups is 1. The largest absolute Gasteiger partial charge is 0.398 e. The van der Waals surface area contributed by atoms with Gasteiger partial charge in [0.1, 0.15) is 0 Å². The monoisotopic (exact) mass is 289 g/mol. The van der Waals surface area contributed by atoms with Crippen molar-refractivity contribution in [1.82, 2.24) is 4.98 Å². The molecule has 20 heavy (non-hydrogen) atoms. The standard InChI is InChI=1S/C13H10ClN3O.C2H6/c14-13(18)10-4-1-5-12(15)11(10)8-17-9-3-2-6-16-7-9;1-2/h1-8H,15H2;1-2H3. The Morgan fingerprint density at radius 1 is 1.30 bits per heavy atom. The first kappa shape index (κ1) is 15.9. The van der Waals surface area contributed by atoms with Crippen LogP contribution in [0.5, 0.6) is 0 Å². The second-order valence-corrected chi connectivity index (χ2v) is 3.89. The highest BCUT2D eigenvalue weighted by Crippen LogP contribution is 2.18. The molecule has 0 radical (unpaired) electrons. The Bertz CT molecular complexity index is 597. The van der Waals surface area contributed by atoms with Gasteiger partial charge in [-0.2, -0.15) is 0 Å². The smallest absolute Gasteiger partial charge is 0.253 e. The summed E-state index contributed by atoms with van der Waals surface area (Å²) in [5.41, 5.74) is 7.79. The number of hydrogen-bond donors (Lipinski definition) is 1. The molecule has 2 aromatic rings. The molecule has 0 aliphatic rings. The Morgan fingerprint density at radius 3 is 2.65 bits per heavy atom. The van der Waals surface area contributed by atoms with Crippen molar-refractivity contribution in [3.8, 4) is 0 Å². The third-order valence-electron chi connectivity index (χ3n) is 2.34. The fraction of sp³-hybridized carbons (Fsp3) is 0.133. The van der Waals surface area contributed by atoms with Crippen LogP contribution in [0.15, 0.2) is 47.7 Å². The van der Waals surface area contributed by atoms with Gasteiger partial charge in [0.2, 0.25) is 0 Å². The fourth-order valence-electron chi connectivity index (χ4n) is 1.47. The third-order valence-corrected chi connectivity index (χ3v) is 2.54. The van der Waals surface area contributed by atoms with Crippen molar-refractivity contribution in [3.63, 3.8) is 0 Å². The van der Waals surface area contributed by atoms with Crippen molar-refractivity contribution in [1.29, 1.82) is 0 Å². The van der Waals surface area contributed by atoms with Gasteiger partial charge in [-0.3, -0.25) is 14.8 Å². The van der Waals surface area contributed by atoms with E-state index in [-0.39, 0.29) is 0 Å². The molecule has 1 heterocycles. The van der Waals surface area contributed by atoms with Crippen molar-refractivity contribution in [3.05, 3.63) is 53.9 Å². The van der Waals surface area contributed by atoms with Crippen LogP contribution in [0, 0.1) is 0 Å². The van der Waals surface area contributed by atoms with Gasteiger partial charge >= 0.3 is 0 Å². The fourth-order valence-corrected chi connectivity index (χ4v) is 1.63. The molecule has 1 aromatic carbocycles. The zero-order valence-electron chi connectivity index (χ0n) is 11.4. The minimum absolute atomic E-state index is 0.337. The number of carbonyl (C=O) groups is 1. The number of aromatic nitrogens is 1. The van der Waals surface area contributed by atoms with Crippen LogP contribution in [0.25, 0.3) is 0 Å². The van der Waals surface area contributed by atoms with E-state index in [0.29, 0.717) is 22.5 Å². The first-order valence-corrected chi connectivity index (χ1v) is 6.58. The predicted molar refractivity (Wildman–Crippen MR) is 83.9 cm³/mol. The highest BCUT2D eigenvalue weighted by atomic mass is 35.5. The van der Waals surface area contributed by atoms with E-state index in [4.69, 9.17) is 17.3 Å². The zero-order valence-corrected chi connectivity index (χ0v) is 12.1. The van der Waals surface area contributed by atoms with Gasteiger partial charge in [0.15, 0.2) is 0 Å². The molecule has 2 N–H and O–H groups in total. The number of pyridine rings is 1. The summed E-state index contributed by atoms with van der Waals surface area (Å²) in [7, 11) is 0. The van der Waals surface area contributed by atoms with Crippen LogP contribution in [0.3, 0.4) is 0 Å². The molecule has 0 aliphatic carbocycles. The number of nitrogens with zero attached hydrogens (tertiary/aromatic N) is 2. The van der Waals surface area contributed by atoms with E-state index in [1.165, 1.54) is 6.21 Å². The van der Waals surface area contributed by atoms with Gasteiger partial charge in [0.05, 0.1) is 11.9 Å². The Kier molecular flexibility index (Phi) is 6.40. The molecule has 0 amide bonds. The number of nitrogen functional groups attached to an aromatic ring is 1. The SMILES string of the molecule is CC.Nc1cccc(C(=O)Cl)c1C=Nc1cccnc1. The Morgan fingerprint density at radius 2 is 2.05 bits per heavy atom. The summed E-state index contributed by atoms with van der Waals surface area (Å²) in [6.45, 7) is 4.00. The molecule has 0 saturated carbocycles. The lowest BCUT2D eigenvalue weighted by atomic mass is 10.1. The van der Waals surface area contributed by atoms with Gasteiger partial charge in [-0.1, -0.05) is 19.9 Å². The lowest BCUT2D eigenvalue weighted by Gasteiger charge is -2.04. The van der Waals surface area contributed by atoms with Crippen LogP contribution >= 0.6 is 11.6 Å². The van der Waals surface area contributed by atoms with Gasteiger partial charge < -0.3 is 5.73 Å². The highest BCUT2D eigenvalue weighted by Gasteiger charge is 2.09. The first-order valence-electron chi connectivity index (χ1n) is 6.21. The third kappa shape index (κ3) is 4.17. The van der Waals surface area contributed by atoms with Crippen LogP contribution in [0.4, 0.5) is 11.4 Å². The van der Waals surface area contributed by atoms with E-state index in [2.05, 4.69) is 9.98 Å². The molecule has 0 bridgehead atoms. The van der Waals surface area contributed by atoms with E-state index in [0.717, 1.165) is 0 Å². The number of anilines is 1. The minimum atomic E-state index is -0.560. The predicted octanol–water partition coefficient (Wildman–Crippen LogP) is 3.82. The summed E-state index contributed by atoms with van der Waals surface area (Å²) < 4.78 is 0. The quantitative estimate of drug-likeness (QED) is 0.530. The summed E-state index contributed by atoms with van der Waals surface area (Å²) in [5.74, 6) is 0. The Hall–Kier alpha value is -2.20. The van der Waals surface area contributed by atoms with E-state index < -0.39 is 5.24 Å². The molecule has 0 aliphatic heterocycles. The van der Waals surface area contributed by atoms with Crippen LogP contribution in [0.1, 0.15) is 29.8 Å². The summed E-state index contributed by atoms with van der Waals surface area (Å²) in [5, 5.41) is -0.560. The second kappa shape index (κ2) is 8.07. The highest BCUT2D eigenvalue weighted by molar-refractivity contribution is 6.68. The molecule has 1 aromatic heterocycles. The number of halogens is 1. The molecule has 5 heteroatoms. The van der Waals surface area contributed by atoms with Crippen LogP contribution in [0.2, 0.25) is 0 Å². The molecule has 0 saturated heterocycles. The summed E-state index contributed by atoms with van der Waals surface area (Å²) in [6, 6.07) is 8.54. The molecule has 0 fully saturated rings. The van der Waals surface area contributed by atoms with Gasteiger partial charge in [-0.05, 0) is 35.9 Å². The minimum Gasteiger partial charge on any atom is -0.398 e. The number of carbonyl (C=O) groups excluding carboxylic acids is 1. The topological polar surface area (TPSA) is 68.3 Å². The average molecular weight is 290 g/mol.